The SMILES string of the molecule is CSc1ncc2c(n1)N(C)C(=O)N(C1CCNc3c1cccc3C(F)(F)F)C2. The Morgan fingerprint density at radius 2 is 2.11 bits per heavy atom. The van der Waals surface area contributed by atoms with Gasteiger partial charge in [-0.2, -0.15) is 13.2 Å². The summed E-state index contributed by atoms with van der Waals surface area (Å²) in [4.78, 5) is 24.7. The van der Waals surface area contributed by atoms with Crippen molar-refractivity contribution in [2.75, 3.05) is 30.1 Å². The van der Waals surface area contributed by atoms with Crippen molar-refractivity contribution in [3.8, 4) is 0 Å². The summed E-state index contributed by atoms with van der Waals surface area (Å²) in [5, 5.41) is 3.43. The molecule has 0 spiro atoms. The molecule has 28 heavy (non-hydrogen) atoms. The van der Waals surface area contributed by atoms with Crippen molar-refractivity contribution in [3.63, 3.8) is 0 Å². The quantitative estimate of drug-likeness (QED) is 0.597. The van der Waals surface area contributed by atoms with Crippen molar-refractivity contribution < 1.29 is 18.0 Å². The molecule has 2 aliphatic rings. The number of nitrogens with zero attached hydrogens (tertiary/aromatic N) is 4. The molecule has 1 N–H and O–H groups in total. The molecule has 0 saturated heterocycles. The van der Waals surface area contributed by atoms with E-state index in [1.54, 1.807) is 24.2 Å². The van der Waals surface area contributed by atoms with Gasteiger partial charge in [-0.1, -0.05) is 23.9 Å². The van der Waals surface area contributed by atoms with Crippen molar-refractivity contribution in [1.29, 1.82) is 0 Å². The highest BCUT2D eigenvalue weighted by Gasteiger charge is 2.40. The summed E-state index contributed by atoms with van der Waals surface area (Å²) in [6.07, 6.45) is -0.411. The standard InChI is InChI=1S/C18H18F3N5OS/c1-25-15-10(8-23-16(24-15)28-2)9-26(17(25)27)13-6-7-22-14-11(13)4-3-5-12(14)18(19,20)21/h3-5,8,13,22H,6-7,9H2,1-2H3. The smallest absolute Gasteiger partial charge is 0.384 e. The number of urea groups is 1. The van der Waals surface area contributed by atoms with Gasteiger partial charge in [0.2, 0.25) is 0 Å². The Labute approximate surface area is 164 Å². The largest absolute Gasteiger partial charge is 0.418 e. The molecule has 2 amide bonds. The van der Waals surface area contributed by atoms with Crippen molar-refractivity contribution in [1.82, 2.24) is 14.9 Å². The molecule has 10 heteroatoms. The van der Waals surface area contributed by atoms with E-state index >= 15 is 0 Å². The lowest BCUT2D eigenvalue weighted by Crippen LogP contribution is -2.48. The minimum absolute atomic E-state index is 0.0569. The molecule has 0 fully saturated rings. The molecule has 0 bridgehead atoms. The number of nitrogens with one attached hydrogen (secondary N) is 1. The topological polar surface area (TPSA) is 61.4 Å². The lowest BCUT2D eigenvalue weighted by atomic mass is 9.93. The number of fused-ring (bicyclic) bond motifs is 2. The van der Waals surface area contributed by atoms with Crippen LogP contribution in [0.3, 0.4) is 0 Å². The van der Waals surface area contributed by atoms with Crippen LogP contribution in [0, 0.1) is 0 Å². The second-order valence-electron chi connectivity index (χ2n) is 6.67. The average Bonchev–Trinajstić information content (AvgIpc) is 2.69. The number of alkyl halides is 3. The molecule has 6 nitrogen and oxygen atoms in total. The summed E-state index contributed by atoms with van der Waals surface area (Å²) in [5.74, 6) is 0.541. The molecule has 4 rings (SSSR count). The zero-order valence-corrected chi connectivity index (χ0v) is 16.1. The number of thioether (sulfide) groups is 1. The number of halogens is 3. The van der Waals surface area contributed by atoms with Crippen LogP contribution in [0.5, 0.6) is 0 Å². The summed E-state index contributed by atoms with van der Waals surface area (Å²) in [6.45, 7) is 0.612. The van der Waals surface area contributed by atoms with Gasteiger partial charge in [0.05, 0.1) is 23.8 Å². The Hall–Kier alpha value is -2.49. The first-order valence-electron chi connectivity index (χ1n) is 8.69. The van der Waals surface area contributed by atoms with Crippen molar-refractivity contribution in [2.45, 2.75) is 30.3 Å². The predicted octanol–water partition coefficient (Wildman–Crippen LogP) is 4.15. The lowest BCUT2D eigenvalue weighted by Gasteiger charge is -2.41. The van der Waals surface area contributed by atoms with Crippen molar-refractivity contribution >= 4 is 29.3 Å². The summed E-state index contributed by atoms with van der Waals surface area (Å²) in [6, 6.07) is 3.36. The number of hydrogen-bond acceptors (Lipinski definition) is 5. The first-order valence-corrected chi connectivity index (χ1v) is 9.92. The van der Waals surface area contributed by atoms with E-state index in [1.807, 2.05) is 6.26 Å². The third-order valence-electron chi connectivity index (χ3n) is 5.05. The van der Waals surface area contributed by atoms with E-state index < -0.39 is 17.8 Å². The summed E-state index contributed by atoms with van der Waals surface area (Å²) < 4.78 is 40.2. The maximum atomic E-state index is 13.4. The van der Waals surface area contributed by atoms with Crippen LogP contribution < -0.4 is 10.2 Å². The fourth-order valence-corrected chi connectivity index (χ4v) is 4.09. The normalized spacial score (nSPS) is 19.2. The third-order valence-corrected chi connectivity index (χ3v) is 5.61. The van der Waals surface area contributed by atoms with Crippen molar-refractivity contribution in [2.24, 2.45) is 0 Å². The number of hydrogen-bond donors (Lipinski definition) is 1. The first-order chi connectivity index (χ1) is 13.3. The third kappa shape index (κ3) is 3.05. The molecule has 1 aromatic carbocycles. The highest BCUT2D eigenvalue weighted by molar-refractivity contribution is 7.98. The number of aromatic nitrogens is 2. The second-order valence-corrected chi connectivity index (χ2v) is 7.45. The van der Waals surface area contributed by atoms with Crippen LogP contribution in [0.4, 0.5) is 29.5 Å². The number of para-hydroxylation sites is 1. The van der Waals surface area contributed by atoms with E-state index in [-0.39, 0.29) is 18.3 Å². The van der Waals surface area contributed by atoms with Crippen LogP contribution in [0.25, 0.3) is 0 Å². The minimum Gasteiger partial charge on any atom is -0.384 e. The molecular formula is C18H18F3N5OS. The van der Waals surface area contributed by atoms with E-state index in [4.69, 9.17) is 0 Å². The maximum Gasteiger partial charge on any atom is 0.418 e. The Balaban J connectivity index is 1.74. The van der Waals surface area contributed by atoms with Crippen LogP contribution in [-0.4, -0.2) is 40.7 Å². The van der Waals surface area contributed by atoms with Gasteiger partial charge in [0, 0.05) is 25.4 Å². The maximum absolute atomic E-state index is 13.4. The van der Waals surface area contributed by atoms with Crippen LogP contribution >= 0.6 is 11.8 Å². The zero-order chi connectivity index (χ0) is 20.1. The molecule has 148 valence electrons. The highest BCUT2D eigenvalue weighted by Crippen LogP contribution is 2.44. The minimum atomic E-state index is -4.46. The summed E-state index contributed by atoms with van der Waals surface area (Å²) in [5.41, 5.74) is 0.599. The fraction of sp³-hybridized carbons (Fsp3) is 0.389. The predicted molar refractivity (Wildman–Crippen MR) is 100 cm³/mol. The molecule has 2 aliphatic heterocycles. The van der Waals surface area contributed by atoms with Crippen LogP contribution in [0.2, 0.25) is 0 Å². The number of anilines is 2. The summed E-state index contributed by atoms with van der Waals surface area (Å²) >= 11 is 1.38. The highest BCUT2D eigenvalue weighted by atomic mass is 32.2. The van der Waals surface area contributed by atoms with Gasteiger partial charge in [-0.3, -0.25) is 4.90 Å². The Bertz CT molecular complexity index is 936. The van der Waals surface area contributed by atoms with E-state index in [9.17, 15) is 18.0 Å². The monoisotopic (exact) mass is 409 g/mol. The molecule has 3 heterocycles. The molecule has 0 saturated carbocycles. The van der Waals surface area contributed by atoms with Gasteiger partial charge in [0.1, 0.15) is 5.82 Å². The number of carbonyl (C=O) groups excluding carboxylic acids is 1. The number of amides is 2. The Morgan fingerprint density at radius 1 is 1.32 bits per heavy atom. The molecule has 1 unspecified atom stereocenters. The molecule has 1 aromatic heterocycles. The average molecular weight is 409 g/mol. The van der Waals surface area contributed by atoms with E-state index in [0.717, 1.165) is 11.6 Å². The van der Waals surface area contributed by atoms with Crippen LogP contribution in [-0.2, 0) is 12.7 Å². The van der Waals surface area contributed by atoms with Gasteiger partial charge >= 0.3 is 12.2 Å². The number of carbonyl (C=O) groups is 1. The first kappa shape index (κ1) is 18.9. The second kappa shape index (κ2) is 6.84. The fourth-order valence-electron chi connectivity index (χ4n) is 3.75. The molecule has 0 radical (unpaired) electrons. The van der Waals surface area contributed by atoms with Gasteiger partial charge in [0.15, 0.2) is 5.16 Å². The zero-order valence-electron chi connectivity index (χ0n) is 15.2. The van der Waals surface area contributed by atoms with E-state index in [0.29, 0.717) is 29.5 Å². The van der Waals surface area contributed by atoms with Gasteiger partial charge in [-0.05, 0) is 24.3 Å². The Kier molecular flexibility index (Phi) is 4.60. The van der Waals surface area contributed by atoms with E-state index in [2.05, 4.69) is 15.3 Å². The van der Waals surface area contributed by atoms with Gasteiger partial charge < -0.3 is 10.2 Å². The van der Waals surface area contributed by atoms with Crippen LogP contribution in [0.15, 0.2) is 29.6 Å². The van der Waals surface area contributed by atoms with Gasteiger partial charge in [-0.25, -0.2) is 14.8 Å². The number of rotatable bonds is 2. The molecule has 1 atom stereocenters. The Morgan fingerprint density at radius 3 is 2.82 bits per heavy atom. The van der Waals surface area contributed by atoms with E-state index in [1.165, 1.54) is 22.7 Å². The van der Waals surface area contributed by atoms with Gasteiger partial charge in [-0.15, -0.1) is 0 Å². The molecule has 2 aromatic rings. The van der Waals surface area contributed by atoms with Gasteiger partial charge in [0.25, 0.3) is 0 Å². The lowest BCUT2D eigenvalue weighted by molar-refractivity contribution is -0.137. The number of benzene rings is 1. The van der Waals surface area contributed by atoms with Crippen LogP contribution in [0.1, 0.15) is 29.2 Å². The summed E-state index contributed by atoms with van der Waals surface area (Å²) in [7, 11) is 1.62. The molecular weight excluding hydrogens is 391 g/mol. The van der Waals surface area contributed by atoms with Crippen molar-refractivity contribution in [3.05, 3.63) is 41.1 Å². The molecule has 0 aliphatic carbocycles.